The molecule has 3 aromatic rings. The Labute approximate surface area is 163 Å². The molecule has 0 radical (unpaired) electrons. The van der Waals surface area contributed by atoms with Crippen LogP contribution in [0, 0.1) is 19.8 Å². The van der Waals surface area contributed by atoms with E-state index in [9.17, 15) is 4.79 Å². The maximum absolute atomic E-state index is 11.5. The lowest BCUT2D eigenvalue weighted by Gasteiger charge is -2.32. The number of nitrogens with two attached hydrogens (primary N) is 1. The van der Waals surface area contributed by atoms with E-state index < -0.39 is 0 Å². The van der Waals surface area contributed by atoms with E-state index in [4.69, 9.17) is 15.7 Å². The minimum Gasteiger partial charge on any atom is -0.369 e. The normalized spacial score (nSPS) is 15.4. The highest BCUT2D eigenvalue weighted by atomic mass is 32.1. The highest BCUT2D eigenvalue weighted by Gasteiger charge is 2.26. The van der Waals surface area contributed by atoms with Gasteiger partial charge >= 0.3 is 0 Å². The van der Waals surface area contributed by atoms with Gasteiger partial charge in [-0.05, 0) is 37.8 Å². The summed E-state index contributed by atoms with van der Waals surface area (Å²) in [6.07, 6.45) is 2.30. The molecule has 5 nitrogen and oxygen atoms in total. The molecule has 1 saturated heterocycles. The number of hydrogen-bond donors (Lipinski definition) is 1. The zero-order chi connectivity index (χ0) is 19.0. The molecule has 27 heavy (non-hydrogen) atoms. The Morgan fingerprint density at radius 2 is 1.89 bits per heavy atom. The predicted octanol–water partition coefficient (Wildman–Crippen LogP) is 3.60. The van der Waals surface area contributed by atoms with E-state index in [0.717, 1.165) is 54.2 Å². The van der Waals surface area contributed by atoms with E-state index in [0.29, 0.717) is 0 Å². The monoisotopic (exact) mass is 380 g/mol. The maximum atomic E-state index is 11.5. The molecule has 0 atom stereocenters. The van der Waals surface area contributed by atoms with Gasteiger partial charge in [-0.15, -0.1) is 11.3 Å². The van der Waals surface area contributed by atoms with Crippen LogP contribution < -0.4 is 10.6 Å². The summed E-state index contributed by atoms with van der Waals surface area (Å²) in [4.78, 5) is 26.0. The van der Waals surface area contributed by atoms with E-state index in [1.807, 2.05) is 18.2 Å². The first-order valence-corrected chi connectivity index (χ1v) is 10.2. The fraction of sp³-hybridized carbons (Fsp3) is 0.381. The molecular weight excluding hydrogens is 356 g/mol. The van der Waals surface area contributed by atoms with Gasteiger partial charge in [0.25, 0.3) is 0 Å². The van der Waals surface area contributed by atoms with Gasteiger partial charge in [-0.3, -0.25) is 4.79 Å². The maximum Gasteiger partial charge on any atom is 0.220 e. The first-order valence-electron chi connectivity index (χ1n) is 9.37. The smallest absolute Gasteiger partial charge is 0.220 e. The molecular formula is C21H24N4OS. The minimum atomic E-state index is -0.185. The lowest BCUT2D eigenvalue weighted by Crippen LogP contribution is -2.39. The number of aryl methyl sites for hydroxylation is 2. The van der Waals surface area contributed by atoms with Crippen LogP contribution in [0.1, 0.15) is 34.7 Å². The van der Waals surface area contributed by atoms with Gasteiger partial charge in [-0.2, -0.15) is 0 Å². The number of amides is 1. The van der Waals surface area contributed by atoms with Crippen molar-refractivity contribution in [2.75, 3.05) is 18.0 Å². The van der Waals surface area contributed by atoms with Crippen LogP contribution in [-0.4, -0.2) is 29.0 Å². The lowest BCUT2D eigenvalue weighted by molar-refractivity contribution is -0.122. The number of hydrogen-bond acceptors (Lipinski definition) is 5. The predicted molar refractivity (Wildman–Crippen MR) is 110 cm³/mol. The molecule has 0 spiro atoms. The van der Waals surface area contributed by atoms with Crippen LogP contribution in [-0.2, 0) is 11.2 Å². The molecule has 2 aromatic heterocycles. The van der Waals surface area contributed by atoms with Gasteiger partial charge in [-0.1, -0.05) is 30.3 Å². The molecule has 3 heterocycles. The van der Waals surface area contributed by atoms with Crippen molar-refractivity contribution >= 4 is 33.3 Å². The zero-order valence-electron chi connectivity index (χ0n) is 15.7. The highest BCUT2D eigenvalue weighted by Crippen LogP contribution is 2.36. The van der Waals surface area contributed by atoms with E-state index >= 15 is 0 Å². The first kappa shape index (κ1) is 17.9. The van der Waals surface area contributed by atoms with Crippen molar-refractivity contribution in [3.63, 3.8) is 0 Å². The summed E-state index contributed by atoms with van der Waals surface area (Å²) in [6.45, 7) is 5.90. The van der Waals surface area contributed by atoms with Crippen LogP contribution in [0.3, 0.4) is 0 Å². The average Bonchev–Trinajstić information content (AvgIpc) is 2.96. The number of nitrogens with zero attached hydrogens (tertiary/aromatic N) is 3. The van der Waals surface area contributed by atoms with Gasteiger partial charge in [0, 0.05) is 30.3 Å². The summed E-state index contributed by atoms with van der Waals surface area (Å²) in [6, 6.07) is 10.3. The van der Waals surface area contributed by atoms with Crippen LogP contribution in [0.5, 0.6) is 0 Å². The summed E-state index contributed by atoms with van der Waals surface area (Å²) >= 11 is 1.74. The third kappa shape index (κ3) is 3.54. The number of benzene rings is 1. The molecule has 1 aliphatic heterocycles. The minimum absolute atomic E-state index is 0.0207. The van der Waals surface area contributed by atoms with Crippen molar-refractivity contribution in [3.05, 3.63) is 52.2 Å². The number of aromatic nitrogens is 2. The summed E-state index contributed by atoms with van der Waals surface area (Å²) in [5.41, 5.74) is 7.96. The van der Waals surface area contributed by atoms with Crippen molar-refractivity contribution in [1.29, 1.82) is 0 Å². The van der Waals surface area contributed by atoms with Crippen LogP contribution in [0.15, 0.2) is 30.3 Å². The Kier molecular flexibility index (Phi) is 4.83. The summed E-state index contributed by atoms with van der Waals surface area (Å²) in [5.74, 6) is 1.65. The number of carbonyl (C=O) groups is 1. The molecule has 6 heteroatoms. The second-order valence-electron chi connectivity index (χ2n) is 7.25. The van der Waals surface area contributed by atoms with E-state index in [2.05, 4.69) is 30.9 Å². The van der Waals surface area contributed by atoms with E-state index in [1.165, 1.54) is 16.0 Å². The summed E-state index contributed by atoms with van der Waals surface area (Å²) in [7, 11) is 0. The highest BCUT2D eigenvalue weighted by molar-refractivity contribution is 7.18. The van der Waals surface area contributed by atoms with Gasteiger partial charge in [0.2, 0.25) is 5.91 Å². The molecule has 0 unspecified atom stereocenters. The second-order valence-corrected chi connectivity index (χ2v) is 8.46. The fourth-order valence-corrected chi connectivity index (χ4v) is 4.78. The van der Waals surface area contributed by atoms with Gasteiger partial charge in [0.1, 0.15) is 16.5 Å². The zero-order valence-corrected chi connectivity index (χ0v) is 16.6. The van der Waals surface area contributed by atoms with Crippen LogP contribution in [0.2, 0.25) is 0 Å². The molecule has 0 aliphatic carbocycles. The summed E-state index contributed by atoms with van der Waals surface area (Å²) < 4.78 is 0. The van der Waals surface area contributed by atoms with Gasteiger partial charge < -0.3 is 10.6 Å². The van der Waals surface area contributed by atoms with Crippen molar-refractivity contribution in [3.8, 4) is 0 Å². The standard InChI is InChI=1S/C21H24N4OS/c1-13-14(2)27-21-18(13)20(25-10-8-16(9-11-25)19(22)26)23-17(24-21)12-15-6-4-3-5-7-15/h3-7,16H,8-12H2,1-2H3,(H2,22,26). The molecule has 1 amide bonds. The quantitative estimate of drug-likeness (QED) is 0.751. The third-order valence-corrected chi connectivity index (χ3v) is 6.56. The second kappa shape index (κ2) is 7.27. The molecule has 140 valence electrons. The topological polar surface area (TPSA) is 72.1 Å². The van der Waals surface area contributed by atoms with Gasteiger partial charge in [-0.25, -0.2) is 9.97 Å². The number of carbonyl (C=O) groups excluding carboxylic acids is 1. The van der Waals surface area contributed by atoms with E-state index in [-0.39, 0.29) is 11.8 Å². The van der Waals surface area contributed by atoms with Crippen LogP contribution in [0.4, 0.5) is 5.82 Å². The Morgan fingerprint density at radius 3 is 2.56 bits per heavy atom. The number of fused-ring (bicyclic) bond motifs is 1. The molecule has 1 aromatic carbocycles. The van der Waals surface area contributed by atoms with Gasteiger partial charge in [0.15, 0.2) is 0 Å². The number of piperidine rings is 1. The number of thiophene rings is 1. The van der Waals surface area contributed by atoms with Gasteiger partial charge in [0.05, 0.1) is 5.39 Å². The Hall–Kier alpha value is -2.47. The number of primary amides is 1. The molecule has 1 fully saturated rings. The molecule has 2 N–H and O–H groups in total. The largest absolute Gasteiger partial charge is 0.369 e. The van der Waals surface area contributed by atoms with Crippen molar-refractivity contribution in [2.45, 2.75) is 33.1 Å². The van der Waals surface area contributed by atoms with Crippen molar-refractivity contribution in [2.24, 2.45) is 11.7 Å². The molecule has 4 rings (SSSR count). The lowest BCUT2D eigenvalue weighted by atomic mass is 9.96. The van der Waals surface area contributed by atoms with Crippen molar-refractivity contribution < 1.29 is 4.79 Å². The van der Waals surface area contributed by atoms with Crippen molar-refractivity contribution in [1.82, 2.24) is 9.97 Å². The molecule has 1 aliphatic rings. The Balaban J connectivity index is 1.72. The van der Waals surface area contributed by atoms with Crippen LogP contribution >= 0.6 is 11.3 Å². The van der Waals surface area contributed by atoms with E-state index in [1.54, 1.807) is 11.3 Å². The number of rotatable bonds is 4. The molecule has 0 bridgehead atoms. The Morgan fingerprint density at radius 1 is 1.19 bits per heavy atom. The average molecular weight is 381 g/mol. The fourth-order valence-electron chi connectivity index (χ4n) is 3.73. The third-order valence-electron chi connectivity index (χ3n) is 5.46. The Bertz CT molecular complexity index is 975. The number of anilines is 1. The molecule has 0 saturated carbocycles. The SMILES string of the molecule is Cc1sc2nc(Cc3ccccc3)nc(N3CCC(C(N)=O)CC3)c2c1C. The summed E-state index contributed by atoms with van der Waals surface area (Å²) in [5, 5.41) is 1.16. The van der Waals surface area contributed by atoms with Crippen LogP contribution in [0.25, 0.3) is 10.2 Å². The first-order chi connectivity index (χ1) is 13.0.